The van der Waals surface area contributed by atoms with Crippen molar-refractivity contribution in [3.05, 3.63) is 35.4 Å². The third-order valence-corrected chi connectivity index (χ3v) is 5.89. The van der Waals surface area contributed by atoms with Gasteiger partial charge >= 0.3 is 0 Å². The summed E-state index contributed by atoms with van der Waals surface area (Å²) in [5, 5.41) is 15.6. The molecule has 1 aliphatic heterocycles. The highest BCUT2D eigenvalue weighted by Gasteiger charge is 2.22. The van der Waals surface area contributed by atoms with Gasteiger partial charge in [-0.25, -0.2) is 4.68 Å². The van der Waals surface area contributed by atoms with Crippen molar-refractivity contribution in [2.45, 2.75) is 56.0 Å². The van der Waals surface area contributed by atoms with Crippen LogP contribution in [0.25, 0.3) is 0 Å². The Labute approximate surface area is 156 Å². The maximum absolute atomic E-state index is 12.4. The number of hydrogen-bond donors (Lipinski definition) is 1. The third kappa shape index (κ3) is 4.07. The van der Waals surface area contributed by atoms with Gasteiger partial charge in [-0.1, -0.05) is 36.0 Å². The van der Waals surface area contributed by atoms with E-state index in [0.29, 0.717) is 17.5 Å². The van der Waals surface area contributed by atoms with Gasteiger partial charge in [0.2, 0.25) is 11.1 Å². The van der Waals surface area contributed by atoms with E-state index >= 15 is 0 Å². The van der Waals surface area contributed by atoms with Crippen LogP contribution in [0.5, 0.6) is 0 Å². The summed E-state index contributed by atoms with van der Waals surface area (Å²) in [7, 11) is 0. The number of carbonyl (C=O) groups is 1. The lowest BCUT2D eigenvalue weighted by Gasteiger charge is -2.26. The van der Waals surface area contributed by atoms with Crippen LogP contribution in [0.4, 0.5) is 0 Å². The molecule has 1 aromatic heterocycles. The minimum Gasteiger partial charge on any atom is -0.376 e. The fourth-order valence-electron chi connectivity index (χ4n) is 3.67. The Balaban J connectivity index is 1.32. The van der Waals surface area contributed by atoms with E-state index in [0.717, 1.165) is 38.7 Å². The number of rotatable bonds is 6. The van der Waals surface area contributed by atoms with Crippen molar-refractivity contribution in [2.24, 2.45) is 0 Å². The quantitative estimate of drug-likeness (QED) is 0.781. The summed E-state index contributed by atoms with van der Waals surface area (Å²) >= 11 is 1.37. The highest BCUT2D eigenvalue weighted by molar-refractivity contribution is 7.99. The van der Waals surface area contributed by atoms with Crippen LogP contribution in [-0.2, 0) is 22.5 Å². The molecule has 1 aromatic carbocycles. The first-order valence-electron chi connectivity index (χ1n) is 9.17. The largest absolute Gasteiger partial charge is 0.376 e. The van der Waals surface area contributed by atoms with Gasteiger partial charge in [0.05, 0.1) is 24.4 Å². The average Bonchev–Trinajstić information content (AvgIpc) is 3.33. The Kier molecular flexibility index (Phi) is 5.50. The second-order valence-electron chi connectivity index (χ2n) is 6.78. The predicted octanol–water partition coefficient (Wildman–Crippen LogP) is 2.14. The Morgan fingerprint density at radius 1 is 1.31 bits per heavy atom. The third-order valence-electron chi connectivity index (χ3n) is 4.94. The van der Waals surface area contributed by atoms with Crippen LogP contribution in [-0.4, -0.2) is 44.6 Å². The maximum atomic E-state index is 12.4. The molecule has 138 valence electrons. The van der Waals surface area contributed by atoms with E-state index in [-0.39, 0.29) is 18.1 Å². The number of aromatic nitrogens is 4. The number of nitrogens with one attached hydrogen (secondary N) is 1. The van der Waals surface area contributed by atoms with E-state index in [1.165, 1.54) is 22.9 Å². The molecule has 1 aliphatic carbocycles. The summed E-state index contributed by atoms with van der Waals surface area (Å²) in [6.07, 6.45) is 5.48. The van der Waals surface area contributed by atoms with Crippen molar-refractivity contribution in [2.75, 3.05) is 12.4 Å². The molecule has 2 atom stereocenters. The second kappa shape index (κ2) is 8.18. The lowest BCUT2D eigenvalue weighted by Crippen LogP contribution is -2.32. The molecule has 0 bridgehead atoms. The molecule has 0 spiro atoms. The van der Waals surface area contributed by atoms with Gasteiger partial charge < -0.3 is 10.1 Å². The number of fused-ring (bicyclic) bond motifs is 1. The van der Waals surface area contributed by atoms with Crippen molar-refractivity contribution in [3.63, 3.8) is 0 Å². The molecule has 1 saturated heterocycles. The number of nitrogens with zero attached hydrogens (tertiary/aromatic N) is 4. The Morgan fingerprint density at radius 2 is 2.23 bits per heavy atom. The molecule has 26 heavy (non-hydrogen) atoms. The summed E-state index contributed by atoms with van der Waals surface area (Å²) in [4.78, 5) is 12.4. The van der Waals surface area contributed by atoms with Gasteiger partial charge in [-0.3, -0.25) is 4.79 Å². The van der Waals surface area contributed by atoms with Gasteiger partial charge in [0, 0.05) is 6.61 Å². The summed E-state index contributed by atoms with van der Waals surface area (Å²) in [6.45, 7) is 1.45. The van der Waals surface area contributed by atoms with Gasteiger partial charge in [0.15, 0.2) is 0 Å². The molecular weight excluding hydrogens is 350 g/mol. The lowest BCUT2D eigenvalue weighted by molar-refractivity contribution is -0.119. The monoisotopic (exact) mass is 373 g/mol. The van der Waals surface area contributed by atoms with Gasteiger partial charge in [-0.05, 0) is 53.7 Å². The van der Waals surface area contributed by atoms with Crippen LogP contribution in [0.3, 0.4) is 0 Å². The minimum absolute atomic E-state index is 0.0170. The van der Waals surface area contributed by atoms with Crippen LogP contribution in [0.15, 0.2) is 29.4 Å². The molecule has 0 radical (unpaired) electrons. The van der Waals surface area contributed by atoms with Gasteiger partial charge in [0.1, 0.15) is 0 Å². The van der Waals surface area contributed by atoms with Crippen molar-refractivity contribution < 1.29 is 9.53 Å². The van der Waals surface area contributed by atoms with E-state index in [2.05, 4.69) is 39.0 Å². The predicted molar refractivity (Wildman–Crippen MR) is 97.8 cm³/mol. The molecule has 7 nitrogen and oxygen atoms in total. The minimum atomic E-state index is 0.0170. The maximum Gasteiger partial charge on any atom is 0.230 e. The molecule has 2 heterocycles. The molecule has 2 aromatic rings. The molecule has 0 unspecified atom stereocenters. The standard InChI is InChI=1S/C18H23N5O2S/c24-17(19-16-9-3-6-13-5-1-2-8-15(13)16)12-26-18-20-21-22-23(18)11-14-7-4-10-25-14/h1-2,5,8,14,16H,3-4,6-7,9-12H2,(H,19,24)/t14-,16-/m0/s1. The van der Waals surface area contributed by atoms with Crippen molar-refractivity contribution in [1.82, 2.24) is 25.5 Å². The number of aryl methyl sites for hydroxylation is 1. The van der Waals surface area contributed by atoms with E-state index in [4.69, 9.17) is 4.74 Å². The molecule has 1 fully saturated rings. The molecule has 8 heteroatoms. The zero-order chi connectivity index (χ0) is 17.8. The molecule has 1 amide bonds. The average molecular weight is 373 g/mol. The first-order chi connectivity index (χ1) is 12.8. The van der Waals surface area contributed by atoms with Crippen LogP contribution in [0.2, 0.25) is 0 Å². The first kappa shape index (κ1) is 17.5. The Hall–Kier alpha value is -1.93. The highest BCUT2D eigenvalue weighted by Crippen LogP contribution is 2.29. The van der Waals surface area contributed by atoms with Gasteiger partial charge in [-0.15, -0.1) is 5.10 Å². The fraction of sp³-hybridized carbons (Fsp3) is 0.556. The van der Waals surface area contributed by atoms with E-state index < -0.39 is 0 Å². The Bertz CT molecular complexity index is 760. The van der Waals surface area contributed by atoms with E-state index in [9.17, 15) is 4.79 Å². The van der Waals surface area contributed by atoms with Crippen molar-refractivity contribution in [3.8, 4) is 0 Å². The smallest absolute Gasteiger partial charge is 0.230 e. The van der Waals surface area contributed by atoms with Crippen LogP contribution in [0, 0.1) is 0 Å². The van der Waals surface area contributed by atoms with Crippen LogP contribution < -0.4 is 5.32 Å². The summed E-state index contributed by atoms with van der Waals surface area (Å²) < 4.78 is 7.38. The van der Waals surface area contributed by atoms with Crippen LogP contribution in [0.1, 0.15) is 42.9 Å². The molecular formula is C18H23N5O2S. The zero-order valence-corrected chi connectivity index (χ0v) is 15.5. The summed E-state index contributed by atoms with van der Waals surface area (Å²) in [6, 6.07) is 8.48. The number of hydrogen-bond acceptors (Lipinski definition) is 6. The molecule has 4 rings (SSSR count). The molecule has 1 N–H and O–H groups in total. The second-order valence-corrected chi connectivity index (χ2v) is 7.72. The number of benzene rings is 1. The molecule has 2 aliphatic rings. The topological polar surface area (TPSA) is 81.9 Å². The van der Waals surface area contributed by atoms with Gasteiger partial charge in [-0.2, -0.15) is 0 Å². The normalized spacial score (nSPS) is 22.2. The number of carbonyl (C=O) groups excluding carboxylic acids is 1. The van der Waals surface area contributed by atoms with Crippen LogP contribution >= 0.6 is 11.8 Å². The fourth-order valence-corrected chi connectivity index (χ4v) is 4.36. The SMILES string of the molecule is O=C(CSc1nnnn1C[C@@H]1CCCO1)N[C@H]1CCCc2ccccc21. The summed E-state index contributed by atoms with van der Waals surface area (Å²) in [5.41, 5.74) is 2.59. The van der Waals surface area contributed by atoms with E-state index in [1.54, 1.807) is 4.68 Å². The number of amides is 1. The number of ether oxygens (including phenoxy) is 1. The van der Waals surface area contributed by atoms with Crippen molar-refractivity contribution >= 4 is 17.7 Å². The number of thioether (sulfide) groups is 1. The van der Waals surface area contributed by atoms with Crippen molar-refractivity contribution in [1.29, 1.82) is 0 Å². The lowest BCUT2D eigenvalue weighted by atomic mass is 9.88. The first-order valence-corrected chi connectivity index (χ1v) is 10.2. The molecule has 0 saturated carbocycles. The van der Waals surface area contributed by atoms with Gasteiger partial charge in [0.25, 0.3) is 0 Å². The van der Waals surface area contributed by atoms with E-state index in [1.807, 2.05) is 6.07 Å². The Morgan fingerprint density at radius 3 is 3.12 bits per heavy atom. The summed E-state index contributed by atoms with van der Waals surface area (Å²) in [5.74, 6) is 0.327. The highest BCUT2D eigenvalue weighted by atomic mass is 32.2. The number of tetrazole rings is 1. The zero-order valence-electron chi connectivity index (χ0n) is 14.6.